The summed E-state index contributed by atoms with van der Waals surface area (Å²) in [5, 5.41) is 16.9. The Kier molecular flexibility index (Phi) is 4.39. The first kappa shape index (κ1) is 13.7. The topological polar surface area (TPSA) is 127 Å². The fourth-order valence-corrected chi connectivity index (χ4v) is 1.19. The molecule has 1 aromatic rings. The van der Waals surface area contributed by atoms with Gasteiger partial charge in [-0.15, -0.1) is 0 Å². The van der Waals surface area contributed by atoms with E-state index in [1.54, 1.807) is 0 Å². The van der Waals surface area contributed by atoms with E-state index in [2.05, 4.69) is 4.74 Å². The van der Waals surface area contributed by atoms with Crippen molar-refractivity contribution in [3.63, 3.8) is 0 Å². The zero-order chi connectivity index (χ0) is 13.7. The predicted molar refractivity (Wildman–Crippen MR) is 59.0 cm³/mol. The molecule has 4 N–H and O–H groups in total. The lowest BCUT2D eigenvalue weighted by Crippen LogP contribution is -2.32. The molecule has 96 valence electrons. The second-order valence-electron chi connectivity index (χ2n) is 3.49. The number of ether oxygens (including phenoxy) is 1. The quantitative estimate of drug-likeness (QED) is 0.379. The summed E-state index contributed by atoms with van der Waals surface area (Å²) < 4.78 is 4.50. The number of carboxylic acids is 2. The van der Waals surface area contributed by atoms with Crippen LogP contribution in [0.2, 0.25) is 0 Å². The van der Waals surface area contributed by atoms with Crippen LogP contribution in [-0.4, -0.2) is 34.2 Å². The molecule has 7 heteroatoms. The standard InChI is InChI=1S/C11H11NO6/c12-8(9(13)14)5-6-1-3-7(4-2-6)18-11(17)10(15)16/h1-4,8H,5,12H2,(H,13,14)(H,15,16)/t8-/m0/s1. The lowest BCUT2D eigenvalue weighted by atomic mass is 10.1. The summed E-state index contributed by atoms with van der Waals surface area (Å²) in [7, 11) is 0. The molecule has 0 spiro atoms. The van der Waals surface area contributed by atoms with Crippen LogP contribution in [0.15, 0.2) is 24.3 Å². The molecule has 0 saturated carbocycles. The minimum atomic E-state index is -1.69. The zero-order valence-electron chi connectivity index (χ0n) is 9.20. The fraction of sp³-hybridized carbons (Fsp3) is 0.182. The van der Waals surface area contributed by atoms with E-state index in [0.717, 1.165) is 0 Å². The lowest BCUT2D eigenvalue weighted by Gasteiger charge is -2.07. The second kappa shape index (κ2) is 5.78. The van der Waals surface area contributed by atoms with Crippen molar-refractivity contribution < 1.29 is 29.3 Å². The first-order valence-corrected chi connectivity index (χ1v) is 4.92. The average Bonchev–Trinajstić information content (AvgIpc) is 2.31. The first-order valence-electron chi connectivity index (χ1n) is 4.92. The summed E-state index contributed by atoms with van der Waals surface area (Å²) in [5.74, 6) is -4.12. The van der Waals surface area contributed by atoms with Gasteiger partial charge in [0.1, 0.15) is 11.8 Å². The Morgan fingerprint density at radius 3 is 2.17 bits per heavy atom. The molecule has 0 heterocycles. The monoisotopic (exact) mass is 253 g/mol. The number of hydrogen-bond acceptors (Lipinski definition) is 5. The molecule has 0 fully saturated rings. The summed E-state index contributed by atoms with van der Waals surface area (Å²) in [6.45, 7) is 0. The van der Waals surface area contributed by atoms with Gasteiger partial charge in [-0.2, -0.15) is 0 Å². The van der Waals surface area contributed by atoms with Gasteiger partial charge in [-0.1, -0.05) is 12.1 Å². The number of carbonyl (C=O) groups is 3. The average molecular weight is 253 g/mol. The van der Waals surface area contributed by atoms with Crippen LogP contribution in [0.3, 0.4) is 0 Å². The van der Waals surface area contributed by atoms with Crippen molar-refractivity contribution in [2.45, 2.75) is 12.5 Å². The van der Waals surface area contributed by atoms with Crippen LogP contribution in [0.4, 0.5) is 0 Å². The van der Waals surface area contributed by atoms with Crippen molar-refractivity contribution in [2.75, 3.05) is 0 Å². The summed E-state index contributed by atoms with van der Waals surface area (Å²) in [4.78, 5) is 31.5. The Bertz CT molecular complexity index is 467. The molecule has 18 heavy (non-hydrogen) atoms. The van der Waals surface area contributed by atoms with Gasteiger partial charge < -0.3 is 20.7 Å². The number of esters is 1. The summed E-state index contributed by atoms with van der Waals surface area (Å²) >= 11 is 0. The van der Waals surface area contributed by atoms with Crippen LogP contribution in [0, 0.1) is 0 Å². The first-order chi connectivity index (χ1) is 8.40. The Morgan fingerprint density at radius 2 is 1.72 bits per heavy atom. The van der Waals surface area contributed by atoms with Gasteiger partial charge in [0.2, 0.25) is 0 Å². The largest absolute Gasteiger partial charge is 0.480 e. The van der Waals surface area contributed by atoms with E-state index in [1.807, 2.05) is 0 Å². The van der Waals surface area contributed by atoms with Gasteiger partial charge in [-0.3, -0.25) is 4.79 Å². The van der Waals surface area contributed by atoms with Crippen molar-refractivity contribution in [1.29, 1.82) is 0 Å². The second-order valence-corrected chi connectivity index (χ2v) is 3.49. The van der Waals surface area contributed by atoms with Crippen LogP contribution in [-0.2, 0) is 20.8 Å². The minimum Gasteiger partial charge on any atom is -0.480 e. The van der Waals surface area contributed by atoms with Crippen LogP contribution in [0.5, 0.6) is 5.75 Å². The molecule has 0 radical (unpaired) electrons. The van der Waals surface area contributed by atoms with Gasteiger partial charge in [0.15, 0.2) is 0 Å². The molecule has 0 bridgehead atoms. The Labute approximate surface area is 102 Å². The fourth-order valence-electron chi connectivity index (χ4n) is 1.19. The number of aliphatic carboxylic acids is 2. The molecular formula is C11H11NO6. The van der Waals surface area contributed by atoms with Crippen molar-refractivity contribution in [1.82, 2.24) is 0 Å². The van der Waals surface area contributed by atoms with Crippen molar-refractivity contribution in [2.24, 2.45) is 5.73 Å². The highest BCUT2D eigenvalue weighted by atomic mass is 16.6. The normalized spacial score (nSPS) is 11.6. The minimum absolute atomic E-state index is 0.0649. The van der Waals surface area contributed by atoms with Crippen LogP contribution < -0.4 is 10.5 Å². The SMILES string of the molecule is N[C@@H](Cc1ccc(OC(=O)C(=O)O)cc1)C(=O)O. The van der Waals surface area contributed by atoms with E-state index in [0.29, 0.717) is 5.56 Å². The Morgan fingerprint density at radius 1 is 1.17 bits per heavy atom. The third-order valence-corrected chi connectivity index (χ3v) is 2.08. The number of benzene rings is 1. The van der Waals surface area contributed by atoms with E-state index in [4.69, 9.17) is 15.9 Å². The highest BCUT2D eigenvalue weighted by molar-refractivity contribution is 6.29. The smallest absolute Gasteiger partial charge is 0.422 e. The molecule has 0 amide bonds. The predicted octanol–water partition coefficient (Wildman–Crippen LogP) is -0.369. The van der Waals surface area contributed by atoms with Gasteiger partial charge >= 0.3 is 17.9 Å². The van der Waals surface area contributed by atoms with Gasteiger partial charge in [-0.05, 0) is 24.1 Å². The number of carboxylic acid groups (broad SMARTS) is 2. The molecule has 0 unspecified atom stereocenters. The zero-order valence-corrected chi connectivity index (χ0v) is 9.20. The Hall–Kier alpha value is -2.41. The number of carbonyl (C=O) groups excluding carboxylic acids is 1. The number of rotatable bonds is 4. The third kappa shape index (κ3) is 3.87. The maximum Gasteiger partial charge on any atom is 0.422 e. The van der Waals surface area contributed by atoms with Crippen molar-refractivity contribution >= 4 is 17.9 Å². The molecule has 0 aliphatic heterocycles. The molecule has 7 nitrogen and oxygen atoms in total. The molecule has 1 rings (SSSR count). The maximum absolute atomic E-state index is 10.7. The maximum atomic E-state index is 10.7. The van der Waals surface area contributed by atoms with Gasteiger partial charge in [0, 0.05) is 0 Å². The summed E-state index contributed by atoms with van der Waals surface area (Å²) in [5.41, 5.74) is 5.98. The highest BCUT2D eigenvalue weighted by Gasteiger charge is 2.15. The van der Waals surface area contributed by atoms with Crippen molar-refractivity contribution in [3.8, 4) is 5.75 Å². The van der Waals surface area contributed by atoms with E-state index in [-0.39, 0.29) is 12.2 Å². The molecule has 1 aromatic carbocycles. The third-order valence-electron chi connectivity index (χ3n) is 2.08. The van der Waals surface area contributed by atoms with E-state index in [9.17, 15) is 14.4 Å². The van der Waals surface area contributed by atoms with E-state index in [1.165, 1.54) is 24.3 Å². The molecule has 0 aliphatic rings. The number of hydrogen-bond donors (Lipinski definition) is 3. The van der Waals surface area contributed by atoms with Crippen LogP contribution in [0.25, 0.3) is 0 Å². The summed E-state index contributed by atoms with van der Waals surface area (Å²) in [6.07, 6.45) is 0.127. The molecule has 0 saturated heterocycles. The molecular weight excluding hydrogens is 242 g/mol. The Balaban J connectivity index is 2.66. The van der Waals surface area contributed by atoms with Gasteiger partial charge in [0.05, 0.1) is 0 Å². The van der Waals surface area contributed by atoms with E-state index < -0.39 is 23.9 Å². The van der Waals surface area contributed by atoms with E-state index >= 15 is 0 Å². The highest BCUT2D eigenvalue weighted by Crippen LogP contribution is 2.13. The molecule has 0 aliphatic carbocycles. The molecule has 1 atom stereocenters. The van der Waals surface area contributed by atoms with Crippen LogP contribution >= 0.6 is 0 Å². The molecule has 0 aromatic heterocycles. The number of nitrogens with two attached hydrogens (primary N) is 1. The van der Waals surface area contributed by atoms with Crippen molar-refractivity contribution in [3.05, 3.63) is 29.8 Å². The lowest BCUT2D eigenvalue weighted by molar-refractivity contribution is -0.158. The van der Waals surface area contributed by atoms with Crippen LogP contribution in [0.1, 0.15) is 5.56 Å². The van der Waals surface area contributed by atoms with Gasteiger partial charge in [-0.25, -0.2) is 9.59 Å². The van der Waals surface area contributed by atoms with Gasteiger partial charge in [0.25, 0.3) is 0 Å². The summed E-state index contributed by atoms with van der Waals surface area (Å²) in [6, 6.07) is 4.73.